The minimum absolute atomic E-state index is 0.405. The van der Waals surface area contributed by atoms with Crippen LogP contribution in [0.25, 0.3) is 11.4 Å². The van der Waals surface area contributed by atoms with E-state index in [0.717, 1.165) is 5.56 Å². The molecule has 0 aliphatic heterocycles. The maximum atomic E-state index is 6.36. The Morgan fingerprint density at radius 2 is 1.96 bits per heavy atom. The van der Waals surface area contributed by atoms with E-state index in [1.54, 1.807) is 12.1 Å². The molecule has 6 nitrogen and oxygen atoms in total. The predicted octanol–water partition coefficient (Wildman–Crippen LogP) is 3.50. The molecule has 0 fully saturated rings. The fraction of sp³-hybridized carbons (Fsp3) is 0.188. The first kappa shape index (κ1) is 15.3. The highest BCUT2D eigenvalue weighted by Gasteiger charge is 2.15. The van der Waals surface area contributed by atoms with E-state index in [0.29, 0.717) is 41.1 Å². The number of tetrazole rings is 1. The van der Waals surface area contributed by atoms with Gasteiger partial charge in [0, 0.05) is 5.56 Å². The number of nitrogens with zero attached hydrogens (tertiary/aromatic N) is 3. The normalized spacial score (nSPS) is 10.5. The van der Waals surface area contributed by atoms with Crippen LogP contribution in [0.4, 0.5) is 0 Å². The number of rotatable bonds is 6. The Hall–Kier alpha value is -2.60. The average Bonchev–Trinajstić information content (AvgIpc) is 3.09. The third kappa shape index (κ3) is 3.60. The van der Waals surface area contributed by atoms with Crippen molar-refractivity contribution < 1.29 is 9.47 Å². The van der Waals surface area contributed by atoms with E-state index in [-0.39, 0.29) is 0 Å². The monoisotopic (exact) mass is 330 g/mol. The molecule has 2 aromatic carbocycles. The number of aromatic amines is 1. The van der Waals surface area contributed by atoms with Gasteiger partial charge in [-0.3, -0.25) is 0 Å². The number of hydrogen-bond donors (Lipinski definition) is 1. The summed E-state index contributed by atoms with van der Waals surface area (Å²) in [5.74, 6) is 1.50. The number of benzene rings is 2. The van der Waals surface area contributed by atoms with Crippen LogP contribution in [0.1, 0.15) is 12.5 Å². The Kier molecular flexibility index (Phi) is 4.73. The van der Waals surface area contributed by atoms with Crippen LogP contribution in [0, 0.1) is 0 Å². The molecular formula is C16H15ClN4O2. The topological polar surface area (TPSA) is 72.9 Å². The number of nitrogens with one attached hydrogen (secondary N) is 1. The maximum Gasteiger partial charge on any atom is 0.204 e. The molecule has 0 spiro atoms. The third-order valence-corrected chi connectivity index (χ3v) is 3.42. The lowest BCUT2D eigenvalue weighted by atomic mass is 10.2. The molecule has 0 bridgehead atoms. The van der Waals surface area contributed by atoms with Gasteiger partial charge in [0.1, 0.15) is 6.61 Å². The first-order valence-corrected chi connectivity index (χ1v) is 7.52. The van der Waals surface area contributed by atoms with Crippen LogP contribution in [0.15, 0.2) is 42.5 Å². The number of H-pyrrole nitrogens is 1. The molecule has 1 N–H and O–H groups in total. The van der Waals surface area contributed by atoms with Gasteiger partial charge >= 0.3 is 0 Å². The molecule has 0 saturated heterocycles. The van der Waals surface area contributed by atoms with Crippen molar-refractivity contribution in [1.29, 1.82) is 0 Å². The molecule has 0 unspecified atom stereocenters. The zero-order chi connectivity index (χ0) is 16.1. The summed E-state index contributed by atoms with van der Waals surface area (Å²) in [5, 5.41) is 14.3. The van der Waals surface area contributed by atoms with E-state index in [1.165, 1.54) is 0 Å². The molecule has 0 amide bonds. The molecule has 0 radical (unpaired) electrons. The molecule has 1 aromatic heterocycles. The van der Waals surface area contributed by atoms with Crippen LogP contribution in [0.3, 0.4) is 0 Å². The SMILES string of the molecule is CCOc1cc(-c2nn[nH]n2)cc(Cl)c1OCc1ccccc1. The van der Waals surface area contributed by atoms with Crippen LogP contribution >= 0.6 is 11.6 Å². The molecule has 0 aliphatic rings. The smallest absolute Gasteiger partial charge is 0.204 e. The molecule has 7 heteroatoms. The van der Waals surface area contributed by atoms with Crippen molar-refractivity contribution >= 4 is 11.6 Å². The number of aromatic nitrogens is 4. The molecule has 0 atom stereocenters. The second-order valence-corrected chi connectivity index (χ2v) is 5.14. The molecule has 0 aliphatic carbocycles. The highest BCUT2D eigenvalue weighted by Crippen LogP contribution is 2.39. The summed E-state index contributed by atoms with van der Waals surface area (Å²) in [7, 11) is 0. The standard InChI is InChI=1S/C16H15ClN4O2/c1-2-22-14-9-12(16-18-20-21-19-16)8-13(17)15(14)23-10-11-6-4-3-5-7-11/h3-9H,2,10H2,1H3,(H,18,19,20,21). The minimum Gasteiger partial charge on any atom is -0.490 e. The summed E-state index contributed by atoms with van der Waals surface area (Å²) in [6.45, 7) is 2.80. The Labute approximate surface area is 138 Å². The highest BCUT2D eigenvalue weighted by atomic mass is 35.5. The molecule has 1 heterocycles. The van der Waals surface area contributed by atoms with Crippen LogP contribution in [0.5, 0.6) is 11.5 Å². The lowest BCUT2D eigenvalue weighted by molar-refractivity contribution is 0.269. The summed E-state index contributed by atoms with van der Waals surface area (Å²) in [4.78, 5) is 0. The lowest BCUT2D eigenvalue weighted by Gasteiger charge is -2.14. The van der Waals surface area contributed by atoms with Gasteiger partial charge in [-0.25, -0.2) is 0 Å². The Balaban J connectivity index is 1.89. The summed E-state index contributed by atoms with van der Waals surface area (Å²) in [5.41, 5.74) is 1.76. The van der Waals surface area contributed by atoms with Crippen molar-refractivity contribution in [3.05, 3.63) is 53.1 Å². The minimum atomic E-state index is 0.405. The van der Waals surface area contributed by atoms with Crippen molar-refractivity contribution in [2.75, 3.05) is 6.61 Å². The van der Waals surface area contributed by atoms with E-state index in [1.807, 2.05) is 37.3 Å². The Morgan fingerprint density at radius 3 is 2.65 bits per heavy atom. The number of hydrogen-bond acceptors (Lipinski definition) is 5. The van der Waals surface area contributed by atoms with Gasteiger partial charge in [-0.1, -0.05) is 41.9 Å². The van der Waals surface area contributed by atoms with Crippen molar-refractivity contribution in [2.45, 2.75) is 13.5 Å². The van der Waals surface area contributed by atoms with Gasteiger partial charge in [0.05, 0.1) is 11.6 Å². The zero-order valence-electron chi connectivity index (χ0n) is 12.5. The maximum absolute atomic E-state index is 6.36. The number of ether oxygens (including phenoxy) is 2. The van der Waals surface area contributed by atoms with E-state index in [2.05, 4.69) is 20.6 Å². The lowest BCUT2D eigenvalue weighted by Crippen LogP contribution is -2.01. The number of halogens is 1. The van der Waals surface area contributed by atoms with Gasteiger partial charge in [0.15, 0.2) is 11.5 Å². The summed E-state index contributed by atoms with van der Waals surface area (Å²) in [6.07, 6.45) is 0. The average molecular weight is 331 g/mol. The van der Waals surface area contributed by atoms with Crippen molar-refractivity contribution in [1.82, 2.24) is 20.6 Å². The second-order valence-electron chi connectivity index (χ2n) is 4.73. The molecule has 118 valence electrons. The Morgan fingerprint density at radius 1 is 1.13 bits per heavy atom. The van der Waals surface area contributed by atoms with Gasteiger partial charge in [0.25, 0.3) is 0 Å². The van der Waals surface area contributed by atoms with Crippen LogP contribution < -0.4 is 9.47 Å². The van der Waals surface area contributed by atoms with E-state index < -0.39 is 0 Å². The van der Waals surface area contributed by atoms with Crippen LogP contribution in [-0.4, -0.2) is 27.2 Å². The van der Waals surface area contributed by atoms with Gasteiger partial charge in [-0.15, -0.1) is 10.2 Å². The molecule has 23 heavy (non-hydrogen) atoms. The van der Waals surface area contributed by atoms with E-state index in [4.69, 9.17) is 21.1 Å². The molecule has 3 rings (SSSR count). The fourth-order valence-electron chi connectivity index (χ4n) is 2.11. The summed E-state index contributed by atoms with van der Waals surface area (Å²) < 4.78 is 11.5. The fourth-order valence-corrected chi connectivity index (χ4v) is 2.38. The first-order chi connectivity index (χ1) is 11.3. The van der Waals surface area contributed by atoms with Crippen LogP contribution in [0.2, 0.25) is 5.02 Å². The van der Waals surface area contributed by atoms with Gasteiger partial charge in [-0.2, -0.15) is 5.21 Å². The largest absolute Gasteiger partial charge is 0.490 e. The quantitative estimate of drug-likeness (QED) is 0.749. The summed E-state index contributed by atoms with van der Waals surface area (Å²) in [6, 6.07) is 13.4. The van der Waals surface area contributed by atoms with Crippen molar-refractivity contribution in [3.8, 4) is 22.9 Å². The predicted molar refractivity (Wildman–Crippen MR) is 86.6 cm³/mol. The van der Waals surface area contributed by atoms with Gasteiger partial charge in [0.2, 0.25) is 5.82 Å². The van der Waals surface area contributed by atoms with Crippen molar-refractivity contribution in [3.63, 3.8) is 0 Å². The third-order valence-electron chi connectivity index (χ3n) is 3.14. The highest BCUT2D eigenvalue weighted by molar-refractivity contribution is 6.32. The zero-order valence-corrected chi connectivity index (χ0v) is 13.2. The van der Waals surface area contributed by atoms with Gasteiger partial charge < -0.3 is 9.47 Å². The second kappa shape index (κ2) is 7.11. The summed E-state index contributed by atoms with van der Waals surface area (Å²) >= 11 is 6.36. The van der Waals surface area contributed by atoms with Gasteiger partial charge in [-0.05, 0) is 29.8 Å². The van der Waals surface area contributed by atoms with E-state index in [9.17, 15) is 0 Å². The van der Waals surface area contributed by atoms with E-state index >= 15 is 0 Å². The van der Waals surface area contributed by atoms with Crippen molar-refractivity contribution in [2.24, 2.45) is 0 Å². The van der Waals surface area contributed by atoms with Crippen LogP contribution in [-0.2, 0) is 6.61 Å². The molecular weight excluding hydrogens is 316 g/mol. The molecule has 3 aromatic rings. The molecule has 0 saturated carbocycles. The Bertz CT molecular complexity index is 763. The first-order valence-electron chi connectivity index (χ1n) is 7.15.